The monoisotopic (exact) mass is 335 g/mol. The highest BCUT2D eigenvalue weighted by Gasteiger charge is 2.12. The Hall–Kier alpha value is -0.950. The Balaban J connectivity index is 0.00000112. The topological polar surface area (TPSA) is 56.5 Å². The molecule has 2 aromatic rings. The lowest BCUT2D eigenvalue weighted by atomic mass is 10.5. The van der Waals surface area contributed by atoms with Gasteiger partial charge in [-0.1, -0.05) is 0 Å². The average molecular weight is 337 g/mol. The van der Waals surface area contributed by atoms with E-state index in [0.29, 0.717) is 10.3 Å². The lowest BCUT2D eigenvalue weighted by Crippen LogP contribution is -2.00. The summed E-state index contributed by atoms with van der Waals surface area (Å²) in [4.78, 5) is 19.2. The molecule has 0 amide bonds. The molecule has 0 aliphatic rings. The van der Waals surface area contributed by atoms with Gasteiger partial charge in [-0.05, 0) is 15.9 Å². The number of hydrogen-bond donors (Lipinski definition) is 0. The van der Waals surface area contributed by atoms with Crippen molar-refractivity contribution in [1.82, 2.24) is 14.4 Å². The third kappa shape index (κ3) is 2.18. The second kappa shape index (κ2) is 4.71. The Labute approximate surface area is 104 Å². The second-order valence-corrected chi connectivity index (χ2v) is 3.32. The van der Waals surface area contributed by atoms with Gasteiger partial charge in [0.15, 0.2) is 11.3 Å². The number of imidazole rings is 1. The zero-order chi connectivity index (χ0) is 10.1. The van der Waals surface area contributed by atoms with Crippen LogP contribution >= 0.6 is 32.9 Å². The molecule has 15 heavy (non-hydrogen) atoms. The molecule has 80 valence electrons. The van der Waals surface area contributed by atoms with Crippen LogP contribution in [0, 0.1) is 0 Å². The van der Waals surface area contributed by atoms with Gasteiger partial charge in [0.25, 0.3) is 0 Å². The van der Waals surface area contributed by atoms with Crippen LogP contribution in [0.15, 0.2) is 23.2 Å². The fraction of sp³-hybridized carbons (Fsp3) is 0.125. The fourth-order valence-corrected chi connectivity index (χ4v) is 1.50. The number of fused-ring (bicyclic) bond motifs is 1. The van der Waals surface area contributed by atoms with E-state index in [2.05, 4.69) is 30.6 Å². The molecular weight excluding hydrogens is 330 g/mol. The Morgan fingerprint density at radius 2 is 2.33 bits per heavy atom. The summed E-state index contributed by atoms with van der Waals surface area (Å²) < 4.78 is 6.85. The second-order valence-electron chi connectivity index (χ2n) is 2.57. The van der Waals surface area contributed by atoms with Crippen LogP contribution in [0.4, 0.5) is 0 Å². The third-order valence-electron chi connectivity index (χ3n) is 1.73. The van der Waals surface area contributed by atoms with Crippen LogP contribution in [-0.2, 0) is 4.74 Å². The molecule has 5 nitrogen and oxygen atoms in total. The minimum atomic E-state index is -0.458. The summed E-state index contributed by atoms with van der Waals surface area (Å²) in [6.45, 7) is 0. The van der Waals surface area contributed by atoms with Gasteiger partial charge in [0.05, 0.1) is 7.11 Å². The number of hydrogen-bond acceptors (Lipinski definition) is 4. The third-order valence-corrected chi connectivity index (χ3v) is 2.29. The maximum Gasteiger partial charge on any atom is 0.358 e. The fourth-order valence-electron chi connectivity index (χ4n) is 1.09. The highest BCUT2D eigenvalue weighted by Crippen LogP contribution is 2.14. The summed E-state index contributed by atoms with van der Waals surface area (Å²) in [6, 6.07) is 0. The van der Waals surface area contributed by atoms with Crippen molar-refractivity contribution in [1.29, 1.82) is 0 Å². The van der Waals surface area contributed by atoms with Gasteiger partial charge in [-0.25, -0.2) is 14.8 Å². The van der Waals surface area contributed by atoms with Crippen LogP contribution < -0.4 is 0 Å². The maximum absolute atomic E-state index is 11.2. The summed E-state index contributed by atoms with van der Waals surface area (Å²) in [5.74, 6) is -0.458. The molecule has 2 rings (SSSR count). The van der Waals surface area contributed by atoms with Gasteiger partial charge in [-0.2, -0.15) is 0 Å². The number of carbonyl (C=O) groups is 1. The number of methoxy groups -OCH3 is 1. The van der Waals surface area contributed by atoms with Crippen LogP contribution in [0.2, 0.25) is 0 Å². The Morgan fingerprint density at radius 1 is 1.60 bits per heavy atom. The molecule has 0 aromatic carbocycles. The van der Waals surface area contributed by atoms with E-state index in [1.165, 1.54) is 7.11 Å². The number of carbonyl (C=O) groups excluding carboxylic acids is 1. The quantitative estimate of drug-likeness (QED) is 0.746. The normalized spacial score (nSPS) is 9.73. The SMILES string of the molecule is Br.COC(=O)c1cn2ccnc(Br)c2n1. The lowest BCUT2D eigenvalue weighted by molar-refractivity contribution is 0.0595. The smallest absolute Gasteiger partial charge is 0.358 e. The minimum absolute atomic E-state index is 0. The molecule has 0 saturated carbocycles. The van der Waals surface area contributed by atoms with Crippen LogP contribution in [0.25, 0.3) is 5.65 Å². The molecule has 0 atom stereocenters. The zero-order valence-corrected chi connectivity index (χ0v) is 11.0. The van der Waals surface area contributed by atoms with Crippen LogP contribution in [0.5, 0.6) is 0 Å². The molecule has 0 aliphatic heterocycles. The Kier molecular flexibility index (Phi) is 3.81. The first kappa shape index (κ1) is 12.1. The van der Waals surface area contributed by atoms with Gasteiger partial charge < -0.3 is 9.14 Å². The summed E-state index contributed by atoms with van der Waals surface area (Å²) in [5.41, 5.74) is 0.856. The number of aromatic nitrogens is 3. The molecule has 0 aliphatic carbocycles. The number of rotatable bonds is 1. The molecule has 0 saturated heterocycles. The first-order valence-corrected chi connectivity index (χ1v) is 4.59. The first-order valence-electron chi connectivity index (χ1n) is 3.80. The predicted octanol–water partition coefficient (Wildman–Crippen LogP) is 1.86. The van der Waals surface area contributed by atoms with E-state index in [1.807, 2.05) is 0 Å². The van der Waals surface area contributed by atoms with Crippen LogP contribution in [-0.4, -0.2) is 27.4 Å². The predicted molar refractivity (Wildman–Crippen MR) is 62.3 cm³/mol. The van der Waals surface area contributed by atoms with Crippen molar-refractivity contribution in [3.63, 3.8) is 0 Å². The standard InChI is InChI=1S/C8H6BrN3O2.BrH/c1-14-8(13)5-4-12-3-2-10-6(9)7(12)11-5;/h2-4H,1H3;1H. The molecular formula is C8H7Br2N3O2. The van der Waals surface area contributed by atoms with Gasteiger partial charge in [0.1, 0.15) is 4.60 Å². The largest absolute Gasteiger partial charge is 0.464 e. The van der Waals surface area contributed by atoms with E-state index in [-0.39, 0.29) is 22.7 Å². The molecule has 0 bridgehead atoms. The molecule has 0 spiro atoms. The molecule has 0 fully saturated rings. The van der Waals surface area contributed by atoms with E-state index in [4.69, 9.17) is 0 Å². The number of nitrogens with zero attached hydrogens (tertiary/aromatic N) is 3. The molecule has 2 aromatic heterocycles. The van der Waals surface area contributed by atoms with Crippen LogP contribution in [0.1, 0.15) is 10.5 Å². The number of esters is 1. The van der Waals surface area contributed by atoms with Crippen molar-refractivity contribution in [3.8, 4) is 0 Å². The summed E-state index contributed by atoms with van der Waals surface area (Å²) in [7, 11) is 1.32. The van der Waals surface area contributed by atoms with E-state index in [1.54, 1.807) is 23.0 Å². The first-order chi connectivity index (χ1) is 6.72. The van der Waals surface area contributed by atoms with E-state index < -0.39 is 5.97 Å². The summed E-state index contributed by atoms with van der Waals surface area (Å²) in [6.07, 6.45) is 4.91. The summed E-state index contributed by atoms with van der Waals surface area (Å²) >= 11 is 3.23. The minimum Gasteiger partial charge on any atom is -0.464 e. The lowest BCUT2D eigenvalue weighted by Gasteiger charge is -1.91. The molecule has 0 radical (unpaired) electrons. The van der Waals surface area contributed by atoms with Gasteiger partial charge in [-0.15, -0.1) is 17.0 Å². The molecule has 0 N–H and O–H groups in total. The van der Waals surface area contributed by atoms with Gasteiger partial charge in [0, 0.05) is 18.6 Å². The number of halogens is 2. The maximum atomic E-state index is 11.2. The Morgan fingerprint density at radius 3 is 2.93 bits per heavy atom. The van der Waals surface area contributed by atoms with E-state index in [9.17, 15) is 4.79 Å². The van der Waals surface area contributed by atoms with Crippen molar-refractivity contribution >= 4 is 44.5 Å². The Bertz CT molecular complexity index is 498. The zero-order valence-electron chi connectivity index (χ0n) is 7.68. The van der Waals surface area contributed by atoms with Crippen molar-refractivity contribution in [2.75, 3.05) is 7.11 Å². The number of ether oxygens (including phenoxy) is 1. The van der Waals surface area contributed by atoms with Crippen molar-refractivity contribution in [3.05, 3.63) is 28.9 Å². The molecule has 7 heteroatoms. The molecule has 0 unspecified atom stereocenters. The highest BCUT2D eigenvalue weighted by atomic mass is 79.9. The van der Waals surface area contributed by atoms with Crippen LogP contribution in [0.3, 0.4) is 0 Å². The molecule has 2 heterocycles. The van der Waals surface area contributed by atoms with Gasteiger partial charge in [-0.3, -0.25) is 0 Å². The average Bonchev–Trinajstić information content (AvgIpc) is 2.62. The van der Waals surface area contributed by atoms with Crippen molar-refractivity contribution in [2.24, 2.45) is 0 Å². The van der Waals surface area contributed by atoms with E-state index in [0.717, 1.165) is 0 Å². The van der Waals surface area contributed by atoms with Gasteiger partial charge >= 0.3 is 5.97 Å². The van der Waals surface area contributed by atoms with Crippen molar-refractivity contribution < 1.29 is 9.53 Å². The summed E-state index contributed by atoms with van der Waals surface area (Å²) in [5, 5.41) is 0. The highest BCUT2D eigenvalue weighted by molar-refractivity contribution is 9.10. The van der Waals surface area contributed by atoms with Crippen molar-refractivity contribution in [2.45, 2.75) is 0 Å². The van der Waals surface area contributed by atoms with Gasteiger partial charge in [0.2, 0.25) is 0 Å². The van der Waals surface area contributed by atoms with E-state index >= 15 is 0 Å².